The number of alkyl halides is 2. The van der Waals surface area contributed by atoms with E-state index in [4.69, 9.17) is 5.73 Å². The Morgan fingerprint density at radius 2 is 2.21 bits per heavy atom. The van der Waals surface area contributed by atoms with Gasteiger partial charge in [-0.25, -0.2) is 9.50 Å². The monoisotopic (exact) mass is 475 g/mol. The molecule has 0 aliphatic heterocycles. The molecule has 3 heterocycles. The molecular weight excluding hydrogens is 456 g/mol. The number of carbonyl (C=O) groups excluding carboxylic acids is 1. The first-order valence-electron chi connectivity index (χ1n) is 9.57. The van der Waals surface area contributed by atoms with Gasteiger partial charge in [-0.1, -0.05) is 0 Å². The molecule has 4 aromatic rings. The standard InChI is InChI=1S/C20H19F2N7O3S/c1-33-11-3-4-15(32-20(21)22)12(7-11)17-14(9-28(27-17)10-16(23)30)26-19(31)13-8-25-29-6-2-5-24-18(13)29/h2-9,19-20,26,31H,10H2,1H3,(H2,23,30). The molecule has 1 atom stereocenters. The molecule has 1 aromatic carbocycles. The predicted octanol–water partition coefficient (Wildman–Crippen LogP) is 2.50. The molecule has 0 aliphatic rings. The van der Waals surface area contributed by atoms with Gasteiger partial charge in [-0.05, 0) is 30.5 Å². The lowest BCUT2D eigenvalue weighted by Gasteiger charge is -2.15. The van der Waals surface area contributed by atoms with Crippen molar-refractivity contribution in [2.45, 2.75) is 24.3 Å². The number of hydrogen-bond donors (Lipinski definition) is 3. The maximum Gasteiger partial charge on any atom is 0.387 e. The molecule has 4 N–H and O–H groups in total. The molecule has 0 aliphatic carbocycles. The number of aliphatic hydroxyl groups is 1. The third kappa shape index (κ3) is 4.88. The average Bonchev–Trinajstić information content (AvgIpc) is 3.37. The number of anilines is 1. The van der Waals surface area contributed by atoms with E-state index in [0.29, 0.717) is 11.2 Å². The molecule has 10 nitrogen and oxygen atoms in total. The molecule has 0 bridgehead atoms. The van der Waals surface area contributed by atoms with Crippen molar-refractivity contribution in [3.63, 3.8) is 0 Å². The number of primary amides is 1. The van der Waals surface area contributed by atoms with E-state index in [0.717, 1.165) is 4.90 Å². The van der Waals surface area contributed by atoms with Crippen molar-refractivity contribution in [2.24, 2.45) is 5.73 Å². The van der Waals surface area contributed by atoms with Crippen molar-refractivity contribution < 1.29 is 23.4 Å². The van der Waals surface area contributed by atoms with E-state index in [2.05, 4.69) is 25.2 Å². The second-order valence-corrected chi connectivity index (χ2v) is 7.71. The third-order valence-electron chi connectivity index (χ3n) is 4.63. The van der Waals surface area contributed by atoms with Gasteiger partial charge in [0.05, 0.1) is 17.4 Å². The van der Waals surface area contributed by atoms with Crippen molar-refractivity contribution in [1.29, 1.82) is 0 Å². The lowest BCUT2D eigenvalue weighted by Crippen LogP contribution is -2.18. The first kappa shape index (κ1) is 22.5. The summed E-state index contributed by atoms with van der Waals surface area (Å²) in [5.74, 6) is -0.757. The van der Waals surface area contributed by atoms with E-state index in [1.165, 1.54) is 39.4 Å². The Morgan fingerprint density at radius 3 is 2.94 bits per heavy atom. The largest absolute Gasteiger partial charge is 0.434 e. The number of fused-ring (bicyclic) bond motifs is 1. The zero-order valence-electron chi connectivity index (χ0n) is 17.2. The molecule has 0 saturated heterocycles. The number of nitrogens with two attached hydrogens (primary N) is 1. The summed E-state index contributed by atoms with van der Waals surface area (Å²) >= 11 is 1.40. The fourth-order valence-electron chi connectivity index (χ4n) is 3.25. The van der Waals surface area contributed by atoms with Crippen LogP contribution in [-0.2, 0) is 11.3 Å². The second kappa shape index (κ2) is 9.42. The second-order valence-electron chi connectivity index (χ2n) is 6.83. The fraction of sp³-hybridized carbons (Fsp3) is 0.200. The van der Waals surface area contributed by atoms with E-state index in [1.54, 1.807) is 30.6 Å². The minimum absolute atomic E-state index is 0.109. The average molecular weight is 475 g/mol. The fourth-order valence-corrected chi connectivity index (χ4v) is 3.69. The maximum atomic E-state index is 13.0. The number of nitrogens with one attached hydrogen (secondary N) is 1. The van der Waals surface area contributed by atoms with Gasteiger partial charge in [-0.15, -0.1) is 11.8 Å². The molecule has 4 rings (SSSR count). The first-order valence-corrected chi connectivity index (χ1v) is 10.8. The number of aliphatic hydroxyl groups excluding tert-OH is 1. The number of benzene rings is 1. The van der Waals surface area contributed by atoms with Gasteiger partial charge >= 0.3 is 6.61 Å². The van der Waals surface area contributed by atoms with Gasteiger partial charge in [0.25, 0.3) is 0 Å². The van der Waals surface area contributed by atoms with Crippen LogP contribution in [0.1, 0.15) is 11.8 Å². The summed E-state index contributed by atoms with van der Waals surface area (Å²) < 4.78 is 33.5. The van der Waals surface area contributed by atoms with E-state index in [-0.39, 0.29) is 29.2 Å². The normalized spacial score (nSPS) is 12.3. The number of rotatable bonds is 9. The van der Waals surface area contributed by atoms with Gasteiger partial charge in [0.1, 0.15) is 18.0 Å². The van der Waals surface area contributed by atoms with Gasteiger partial charge in [0.2, 0.25) is 5.91 Å². The Balaban J connectivity index is 1.78. The highest BCUT2D eigenvalue weighted by Gasteiger charge is 2.22. The molecule has 0 fully saturated rings. The SMILES string of the molecule is CSc1ccc(OC(F)F)c(-c2nn(CC(N)=O)cc2NC(O)c2cnn3cccnc23)c1. The highest BCUT2D eigenvalue weighted by Crippen LogP contribution is 2.38. The number of amides is 1. The van der Waals surface area contributed by atoms with Gasteiger partial charge in [-0.2, -0.15) is 19.0 Å². The van der Waals surface area contributed by atoms with Crippen LogP contribution in [-0.4, -0.2) is 48.3 Å². The maximum absolute atomic E-state index is 13.0. The third-order valence-corrected chi connectivity index (χ3v) is 5.36. The van der Waals surface area contributed by atoms with Crippen LogP contribution in [0.25, 0.3) is 16.9 Å². The van der Waals surface area contributed by atoms with Crippen molar-refractivity contribution in [3.8, 4) is 17.0 Å². The zero-order chi connectivity index (χ0) is 23.5. The molecule has 1 amide bonds. The van der Waals surface area contributed by atoms with E-state index < -0.39 is 18.7 Å². The number of thioether (sulfide) groups is 1. The summed E-state index contributed by atoms with van der Waals surface area (Å²) in [5, 5.41) is 22.2. The van der Waals surface area contributed by atoms with E-state index in [9.17, 15) is 18.7 Å². The smallest absolute Gasteiger partial charge is 0.387 e. The van der Waals surface area contributed by atoms with Crippen LogP contribution in [0.4, 0.5) is 14.5 Å². The summed E-state index contributed by atoms with van der Waals surface area (Å²) in [4.78, 5) is 16.4. The summed E-state index contributed by atoms with van der Waals surface area (Å²) in [6.45, 7) is -3.31. The summed E-state index contributed by atoms with van der Waals surface area (Å²) in [6.07, 6.45) is 6.69. The van der Waals surface area contributed by atoms with Crippen LogP contribution < -0.4 is 15.8 Å². The number of nitrogens with zero attached hydrogens (tertiary/aromatic N) is 5. The van der Waals surface area contributed by atoms with Crippen molar-refractivity contribution in [2.75, 3.05) is 11.6 Å². The predicted molar refractivity (Wildman–Crippen MR) is 117 cm³/mol. The molecule has 0 radical (unpaired) electrons. The van der Waals surface area contributed by atoms with Crippen molar-refractivity contribution >= 4 is 29.0 Å². The topological polar surface area (TPSA) is 133 Å². The molecule has 13 heteroatoms. The molecule has 33 heavy (non-hydrogen) atoms. The minimum atomic E-state index is -3.05. The zero-order valence-corrected chi connectivity index (χ0v) is 18.0. The van der Waals surface area contributed by atoms with Gasteiger partial charge < -0.3 is 20.9 Å². The highest BCUT2D eigenvalue weighted by molar-refractivity contribution is 7.98. The number of carbonyl (C=O) groups is 1. The van der Waals surface area contributed by atoms with E-state index in [1.807, 2.05) is 6.26 Å². The lowest BCUT2D eigenvalue weighted by atomic mass is 10.1. The molecule has 172 valence electrons. The molecule has 0 saturated carbocycles. The highest BCUT2D eigenvalue weighted by atomic mass is 32.2. The first-order chi connectivity index (χ1) is 15.9. The van der Waals surface area contributed by atoms with Crippen LogP contribution in [0.2, 0.25) is 0 Å². The molecule has 1 unspecified atom stereocenters. The molecular formula is C20H19F2N7O3S. The lowest BCUT2D eigenvalue weighted by molar-refractivity contribution is -0.118. The van der Waals surface area contributed by atoms with Gasteiger partial charge in [-0.3, -0.25) is 9.48 Å². The summed E-state index contributed by atoms with van der Waals surface area (Å²) in [5.41, 5.74) is 6.79. The van der Waals surface area contributed by atoms with Crippen LogP contribution in [0, 0.1) is 0 Å². The summed E-state index contributed by atoms with van der Waals surface area (Å²) in [7, 11) is 0. The number of hydrogen-bond acceptors (Lipinski definition) is 8. The number of halogens is 2. The van der Waals surface area contributed by atoms with Crippen LogP contribution >= 0.6 is 11.8 Å². The van der Waals surface area contributed by atoms with E-state index >= 15 is 0 Å². The Morgan fingerprint density at radius 1 is 1.39 bits per heavy atom. The van der Waals surface area contributed by atoms with Crippen molar-refractivity contribution in [3.05, 3.63) is 54.6 Å². The van der Waals surface area contributed by atoms with Gasteiger partial charge in [0.15, 0.2) is 11.9 Å². The Hall–Kier alpha value is -3.71. The van der Waals surface area contributed by atoms with Crippen LogP contribution in [0.5, 0.6) is 5.75 Å². The van der Waals surface area contributed by atoms with Gasteiger partial charge in [0, 0.05) is 29.0 Å². The Kier molecular flexibility index (Phi) is 6.42. The van der Waals surface area contributed by atoms with Crippen LogP contribution in [0.3, 0.4) is 0 Å². The minimum Gasteiger partial charge on any atom is -0.434 e. The quantitative estimate of drug-likeness (QED) is 0.248. The van der Waals surface area contributed by atoms with Crippen molar-refractivity contribution in [1.82, 2.24) is 24.4 Å². The molecule has 3 aromatic heterocycles. The summed E-state index contributed by atoms with van der Waals surface area (Å²) in [6, 6.07) is 6.38. The Bertz CT molecular complexity index is 1290. The number of aromatic nitrogens is 5. The van der Waals surface area contributed by atoms with Crippen LogP contribution in [0.15, 0.2) is 53.9 Å². The number of ether oxygens (including phenoxy) is 1. The molecule has 0 spiro atoms. The Labute approximate surface area is 190 Å².